The molecule has 20 heavy (non-hydrogen) atoms. The summed E-state index contributed by atoms with van der Waals surface area (Å²) in [4.78, 5) is 16.2. The van der Waals surface area contributed by atoms with Crippen LogP contribution in [0.4, 0.5) is 10.1 Å². The number of anilines is 2. The molecule has 5 nitrogen and oxygen atoms in total. The van der Waals surface area contributed by atoms with E-state index in [1.165, 1.54) is 11.3 Å². The number of aromatic nitrogens is 1. The lowest BCUT2D eigenvalue weighted by molar-refractivity contribution is 0.102. The third kappa shape index (κ3) is 3.48. The number of benzene rings is 1. The second-order valence-corrected chi connectivity index (χ2v) is 5.64. The first kappa shape index (κ1) is 14.3. The molecule has 1 amide bonds. The number of hydrogen-bond acceptors (Lipinski definition) is 5. The molecule has 0 aliphatic heterocycles. The first-order valence-electron chi connectivity index (χ1n) is 6.26. The fraction of sp³-hybridized carbons (Fsp3) is 0.286. The molecule has 0 saturated heterocycles. The lowest BCUT2D eigenvalue weighted by atomic mass is 10.2. The van der Waals surface area contributed by atoms with Crippen molar-refractivity contribution < 1.29 is 9.53 Å². The monoisotopic (exact) mass is 291 g/mol. The third-order valence-corrected chi connectivity index (χ3v) is 3.44. The van der Waals surface area contributed by atoms with Crippen molar-refractivity contribution in [2.45, 2.75) is 26.9 Å². The smallest absolute Gasteiger partial charge is 0.257 e. The van der Waals surface area contributed by atoms with Crippen molar-refractivity contribution in [1.82, 2.24) is 4.98 Å². The number of ether oxygens (including phenoxy) is 1. The van der Waals surface area contributed by atoms with Gasteiger partial charge in [0.2, 0.25) is 0 Å². The fourth-order valence-corrected chi connectivity index (χ4v) is 2.32. The summed E-state index contributed by atoms with van der Waals surface area (Å²) in [7, 11) is 0. The summed E-state index contributed by atoms with van der Waals surface area (Å²) < 4.78 is 5.53. The van der Waals surface area contributed by atoms with Crippen LogP contribution in [0.1, 0.15) is 29.9 Å². The van der Waals surface area contributed by atoms with E-state index in [1.54, 1.807) is 31.2 Å². The van der Waals surface area contributed by atoms with E-state index < -0.39 is 0 Å². The normalized spacial score (nSPS) is 10.6. The first-order valence-corrected chi connectivity index (χ1v) is 7.08. The number of carbonyl (C=O) groups excluding carboxylic acids is 1. The number of aryl methyl sites for hydroxylation is 1. The zero-order valence-electron chi connectivity index (χ0n) is 11.6. The molecule has 2 aromatic rings. The Morgan fingerprint density at radius 3 is 2.50 bits per heavy atom. The van der Waals surface area contributed by atoms with Gasteiger partial charge in [-0.05, 0) is 45.0 Å². The van der Waals surface area contributed by atoms with Crippen LogP contribution in [0.2, 0.25) is 0 Å². The first-order chi connectivity index (χ1) is 9.45. The number of nitrogens with two attached hydrogens (primary N) is 1. The second kappa shape index (κ2) is 5.92. The summed E-state index contributed by atoms with van der Waals surface area (Å²) in [5.41, 5.74) is 6.99. The zero-order chi connectivity index (χ0) is 14.7. The molecule has 3 N–H and O–H groups in total. The van der Waals surface area contributed by atoms with E-state index in [4.69, 9.17) is 10.5 Å². The van der Waals surface area contributed by atoms with Gasteiger partial charge in [0, 0.05) is 5.56 Å². The quantitative estimate of drug-likeness (QED) is 0.907. The molecule has 0 aliphatic rings. The van der Waals surface area contributed by atoms with Gasteiger partial charge < -0.3 is 10.5 Å². The summed E-state index contributed by atoms with van der Waals surface area (Å²) in [6.07, 6.45) is 0.107. The van der Waals surface area contributed by atoms with E-state index in [1.807, 2.05) is 13.8 Å². The van der Waals surface area contributed by atoms with E-state index in [0.717, 1.165) is 11.4 Å². The molecule has 1 heterocycles. The Morgan fingerprint density at radius 2 is 2.00 bits per heavy atom. The minimum absolute atomic E-state index is 0.107. The Bertz CT molecular complexity index is 586. The SMILES string of the molecule is Cc1nc(NC(=O)c2ccc(OC(C)C)cc2)sc1N. The maximum absolute atomic E-state index is 12.0. The molecule has 0 atom stereocenters. The maximum atomic E-state index is 12.0. The van der Waals surface area contributed by atoms with Crippen LogP contribution in [0.25, 0.3) is 0 Å². The van der Waals surface area contributed by atoms with Crippen LogP contribution in [-0.4, -0.2) is 17.0 Å². The predicted molar refractivity (Wildman–Crippen MR) is 81.4 cm³/mol. The second-order valence-electron chi connectivity index (χ2n) is 4.61. The molecular weight excluding hydrogens is 274 g/mol. The summed E-state index contributed by atoms with van der Waals surface area (Å²) in [6.45, 7) is 5.71. The minimum atomic E-state index is -0.213. The molecule has 0 aliphatic carbocycles. The Labute approximate surface area is 121 Å². The molecule has 0 saturated carbocycles. The van der Waals surface area contributed by atoms with E-state index in [0.29, 0.717) is 15.7 Å². The zero-order valence-corrected chi connectivity index (χ0v) is 12.5. The molecular formula is C14H17N3O2S. The number of carbonyl (C=O) groups is 1. The molecule has 0 unspecified atom stereocenters. The van der Waals surface area contributed by atoms with Crippen LogP contribution in [0.15, 0.2) is 24.3 Å². The van der Waals surface area contributed by atoms with Gasteiger partial charge in [0.15, 0.2) is 5.13 Å². The Morgan fingerprint density at radius 1 is 1.35 bits per heavy atom. The van der Waals surface area contributed by atoms with Gasteiger partial charge in [-0.15, -0.1) is 0 Å². The van der Waals surface area contributed by atoms with Crippen molar-refractivity contribution in [3.05, 3.63) is 35.5 Å². The number of nitrogens with zero attached hydrogens (tertiary/aromatic N) is 1. The van der Waals surface area contributed by atoms with Crippen LogP contribution in [0.3, 0.4) is 0 Å². The van der Waals surface area contributed by atoms with Gasteiger partial charge >= 0.3 is 0 Å². The molecule has 1 aromatic carbocycles. The topological polar surface area (TPSA) is 77.2 Å². The highest BCUT2D eigenvalue weighted by Gasteiger charge is 2.10. The van der Waals surface area contributed by atoms with E-state index in [9.17, 15) is 4.79 Å². The highest BCUT2D eigenvalue weighted by Crippen LogP contribution is 2.25. The van der Waals surface area contributed by atoms with Crippen molar-refractivity contribution in [3.8, 4) is 5.75 Å². The summed E-state index contributed by atoms with van der Waals surface area (Å²) in [5, 5.41) is 3.85. The average Bonchev–Trinajstić information content (AvgIpc) is 2.68. The average molecular weight is 291 g/mol. The van der Waals surface area contributed by atoms with Crippen LogP contribution in [-0.2, 0) is 0 Å². The molecule has 1 aromatic heterocycles. The molecule has 0 radical (unpaired) electrons. The number of nitrogen functional groups attached to an aromatic ring is 1. The molecule has 0 fully saturated rings. The highest BCUT2D eigenvalue weighted by molar-refractivity contribution is 7.19. The van der Waals surface area contributed by atoms with Gasteiger partial charge in [0.1, 0.15) is 10.8 Å². The van der Waals surface area contributed by atoms with E-state index >= 15 is 0 Å². The van der Waals surface area contributed by atoms with Gasteiger partial charge in [-0.2, -0.15) is 0 Å². The number of rotatable bonds is 4. The van der Waals surface area contributed by atoms with Crippen molar-refractivity contribution >= 4 is 27.4 Å². The van der Waals surface area contributed by atoms with Crippen LogP contribution in [0.5, 0.6) is 5.75 Å². The summed E-state index contributed by atoms with van der Waals surface area (Å²) >= 11 is 1.26. The van der Waals surface area contributed by atoms with Crippen LogP contribution >= 0.6 is 11.3 Å². The largest absolute Gasteiger partial charge is 0.491 e. The van der Waals surface area contributed by atoms with E-state index in [2.05, 4.69) is 10.3 Å². The molecule has 2 rings (SSSR count). The number of hydrogen-bond donors (Lipinski definition) is 2. The van der Waals surface area contributed by atoms with Crippen molar-refractivity contribution in [2.75, 3.05) is 11.1 Å². The van der Waals surface area contributed by atoms with Crippen molar-refractivity contribution in [2.24, 2.45) is 0 Å². The van der Waals surface area contributed by atoms with Gasteiger partial charge in [-0.3, -0.25) is 10.1 Å². The van der Waals surface area contributed by atoms with E-state index in [-0.39, 0.29) is 12.0 Å². The highest BCUT2D eigenvalue weighted by atomic mass is 32.1. The standard InChI is InChI=1S/C14H17N3O2S/c1-8(2)19-11-6-4-10(5-7-11)13(18)17-14-16-9(3)12(15)20-14/h4-8H,15H2,1-3H3,(H,16,17,18). The van der Waals surface area contributed by atoms with Crippen LogP contribution in [0, 0.1) is 6.92 Å². The predicted octanol–water partition coefficient (Wildman–Crippen LogP) is 3.07. The maximum Gasteiger partial charge on any atom is 0.257 e. The molecule has 0 spiro atoms. The van der Waals surface area contributed by atoms with Gasteiger partial charge in [0.25, 0.3) is 5.91 Å². The number of thiazole rings is 1. The minimum Gasteiger partial charge on any atom is -0.491 e. The summed E-state index contributed by atoms with van der Waals surface area (Å²) in [5.74, 6) is 0.528. The Hall–Kier alpha value is -2.08. The Kier molecular flexibility index (Phi) is 4.24. The summed E-state index contributed by atoms with van der Waals surface area (Å²) in [6, 6.07) is 6.99. The van der Waals surface area contributed by atoms with Crippen molar-refractivity contribution in [3.63, 3.8) is 0 Å². The lowest BCUT2D eigenvalue weighted by Gasteiger charge is -2.09. The Balaban J connectivity index is 2.05. The molecule has 6 heteroatoms. The molecule has 106 valence electrons. The lowest BCUT2D eigenvalue weighted by Crippen LogP contribution is -2.12. The number of amides is 1. The third-order valence-electron chi connectivity index (χ3n) is 2.54. The molecule has 0 bridgehead atoms. The van der Waals surface area contributed by atoms with Gasteiger partial charge in [-0.1, -0.05) is 11.3 Å². The van der Waals surface area contributed by atoms with Crippen LogP contribution < -0.4 is 15.8 Å². The van der Waals surface area contributed by atoms with Crippen molar-refractivity contribution in [1.29, 1.82) is 0 Å². The van der Waals surface area contributed by atoms with Gasteiger partial charge in [0.05, 0.1) is 11.8 Å². The van der Waals surface area contributed by atoms with Gasteiger partial charge in [-0.25, -0.2) is 4.98 Å². The number of nitrogens with one attached hydrogen (secondary N) is 1. The fourth-order valence-electron chi connectivity index (χ4n) is 1.59.